The minimum Gasteiger partial charge on any atom is -0.345 e. The zero-order valence-corrected chi connectivity index (χ0v) is 16.2. The van der Waals surface area contributed by atoms with Crippen LogP contribution in [0.1, 0.15) is 23.2 Å². The number of nitrogens with zero attached hydrogens (tertiary/aromatic N) is 3. The fraction of sp³-hybridized carbons (Fsp3) is 0.143. The molecule has 4 rings (SSSR count). The Kier molecular flexibility index (Phi) is 4.46. The summed E-state index contributed by atoms with van der Waals surface area (Å²) in [5.41, 5.74) is 5.03. The molecule has 3 heterocycles. The lowest BCUT2D eigenvalue weighted by Gasteiger charge is -2.03. The molecule has 3 nitrogen and oxygen atoms in total. The molecule has 0 bridgehead atoms. The molecule has 0 saturated carbocycles. The van der Waals surface area contributed by atoms with E-state index in [-0.39, 0.29) is 0 Å². The summed E-state index contributed by atoms with van der Waals surface area (Å²) >= 11 is 3.18. The van der Waals surface area contributed by atoms with Crippen LogP contribution in [0.2, 0.25) is 0 Å². The number of benzene rings is 1. The highest BCUT2D eigenvalue weighted by Crippen LogP contribution is 2.32. The van der Waals surface area contributed by atoms with Crippen molar-refractivity contribution in [1.82, 2.24) is 9.55 Å². The van der Waals surface area contributed by atoms with Crippen molar-refractivity contribution in [3.8, 4) is 16.6 Å². The highest BCUT2D eigenvalue weighted by molar-refractivity contribution is 7.14. The molecular weight excluding hydrogens is 358 g/mol. The quantitative estimate of drug-likeness (QED) is 0.397. The van der Waals surface area contributed by atoms with Gasteiger partial charge < -0.3 is 4.57 Å². The van der Waals surface area contributed by atoms with Crippen molar-refractivity contribution >= 4 is 45.2 Å². The lowest BCUT2D eigenvalue weighted by molar-refractivity contribution is 0.769. The van der Waals surface area contributed by atoms with Gasteiger partial charge in [0.1, 0.15) is 11.1 Å². The van der Waals surface area contributed by atoms with E-state index in [1.165, 1.54) is 27.9 Å². The molecule has 0 N–H and O–H groups in total. The van der Waals surface area contributed by atoms with Crippen molar-refractivity contribution in [1.29, 1.82) is 5.26 Å². The molecule has 0 spiro atoms. The van der Waals surface area contributed by atoms with Crippen molar-refractivity contribution in [3.05, 3.63) is 63.4 Å². The molecule has 1 aromatic carbocycles. The number of aromatic nitrogens is 2. The third-order valence-corrected chi connectivity index (χ3v) is 6.28. The maximum absolute atomic E-state index is 9.75. The number of para-hydroxylation sites is 1. The smallest absolute Gasteiger partial charge is 0.134 e. The van der Waals surface area contributed by atoms with Crippen LogP contribution in [0.25, 0.3) is 33.1 Å². The first-order valence-electron chi connectivity index (χ1n) is 8.42. The zero-order valence-electron chi connectivity index (χ0n) is 14.6. The summed E-state index contributed by atoms with van der Waals surface area (Å²) in [6.07, 6.45) is 1.99. The number of fused-ring (bicyclic) bond motifs is 1. The molecule has 0 saturated heterocycles. The maximum Gasteiger partial charge on any atom is 0.134 e. The van der Waals surface area contributed by atoms with E-state index in [1.54, 1.807) is 11.3 Å². The second-order valence-corrected chi connectivity index (χ2v) is 7.75. The maximum atomic E-state index is 9.75. The Labute approximate surface area is 160 Å². The summed E-state index contributed by atoms with van der Waals surface area (Å²) in [6.45, 7) is 5.16. The average molecular weight is 376 g/mol. The van der Waals surface area contributed by atoms with Crippen molar-refractivity contribution in [2.24, 2.45) is 0 Å². The lowest BCUT2D eigenvalue weighted by Crippen LogP contribution is -1.96. The van der Waals surface area contributed by atoms with Gasteiger partial charge in [0.25, 0.3) is 0 Å². The van der Waals surface area contributed by atoms with Crippen molar-refractivity contribution in [2.75, 3.05) is 0 Å². The minimum atomic E-state index is 0.611. The SMILES string of the molecule is CCn1c(C)c(/C=C(/C#N)c2nc(-c3cccs3)cs2)c2ccccc21. The molecule has 3 aromatic heterocycles. The summed E-state index contributed by atoms with van der Waals surface area (Å²) in [4.78, 5) is 5.82. The monoisotopic (exact) mass is 375 g/mol. The third kappa shape index (κ3) is 2.78. The first-order valence-corrected chi connectivity index (χ1v) is 10.2. The van der Waals surface area contributed by atoms with Crippen LogP contribution >= 0.6 is 22.7 Å². The third-order valence-electron chi connectivity index (χ3n) is 4.51. The van der Waals surface area contributed by atoms with E-state index in [2.05, 4.69) is 53.7 Å². The molecule has 0 aliphatic carbocycles. The molecule has 0 aliphatic rings. The molecule has 0 unspecified atom stereocenters. The van der Waals surface area contributed by atoms with Crippen molar-refractivity contribution < 1.29 is 0 Å². The Balaban J connectivity index is 1.84. The second kappa shape index (κ2) is 6.91. The normalized spacial score (nSPS) is 11.8. The fourth-order valence-electron chi connectivity index (χ4n) is 3.27. The Morgan fingerprint density at radius 1 is 1.23 bits per heavy atom. The van der Waals surface area contributed by atoms with Crippen LogP contribution in [0.15, 0.2) is 47.2 Å². The topological polar surface area (TPSA) is 41.6 Å². The van der Waals surface area contributed by atoms with Crippen LogP contribution < -0.4 is 0 Å². The van der Waals surface area contributed by atoms with E-state index in [1.807, 2.05) is 29.0 Å². The Bertz CT molecular complexity index is 1140. The molecule has 0 aliphatic heterocycles. The van der Waals surface area contributed by atoms with E-state index < -0.39 is 0 Å². The number of hydrogen-bond donors (Lipinski definition) is 0. The second-order valence-electron chi connectivity index (χ2n) is 5.95. The van der Waals surface area contributed by atoms with Gasteiger partial charge >= 0.3 is 0 Å². The number of aryl methyl sites for hydroxylation is 1. The number of thiophene rings is 1. The highest BCUT2D eigenvalue weighted by atomic mass is 32.1. The van der Waals surface area contributed by atoms with Gasteiger partial charge in [0.15, 0.2) is 0 Å². The molecule has 26 heavy (non-hydrogen) atoms. The van der Waals surface area contributed by atoms with E-state index in [0.29, 0.717) is 5.57 Å². The summed E-state index contributed by atoms with van der Waals surface area (Å²) < 4.78 is 2.29. The minimum absolute atomic E-state index is 0.611. The van der Waals surface area contributed by atoms with E-state index in [0.717, 1.165) is 27.7 Å². The van der Waals surface area contributed by atoms with Crippen LogP contribution in [0, 0.1) is 18.3 Å². The molecule has 0 atom stereocenters. The predicted octanol–water partition coefficient (Wildman–Crippen LogP) is 6.22. The highest BCUT2D eigenvalue weighted by Gasteiger charge is 2.14. The molecule has 0 fully saturated rings. The Morgan fingerprint density at radius 2 is 2.08 bits per heavy atom. The van der Waals surface area contributed by atoms with Crippen molar-refractivity contribution in [3.63, 3.8) is 0 Å². The predicted molar refractivity (Wildman–Crippen MR) is 111 cm³/mol. The van der Waals surface area contributed by atoms with E-state index in [4.69, 9.17) is 0 Å². The van der Waals surface area contributed by atoms with Crippen LogP contribution in [0.4, 0.5) is 0 Å². The zero-order chi connectivity index (χ0) is 18.1. The van der Waals surface area contributed by atoms with Gasteiger partial charge in [-0.15, -0.1) is 22.7 Å². The van der Waals surface area contributed by atoms with Gasteiger partial charge in [-0.25, -0.2) is 4.98 Å². The van der Waals surface area contributed by atoms with Crippen LogP contribution in [0.3, 0.4) is 0 Å². The molecule has 5 heteroatoms. The van der Waals surface area contributed by atoms with Gasteiger partial charge in [0.2, 0.25) is 0 Å². The number of rotatable bonds is 4. The van der Waals surface area contributed by atoms with Gasteiger partial charge in [-0.2, -0.15) is 5.26 Å². The number of thiazole rings is 1. The van der Waals surface area contributed by atoms with Gasteiger partial charge in [0.05, 0.1) is 16.1 Å². The number of nitriles is 1. The first kappa shape index (κ1) is 16.8. The van der Waals surface area contributed by atoms with Crippen LogP contribution in [0.5, 0.6) is 0 Å². The number of hydrogen-bond acceptors (Lipinski definition) is 4. The lowest BCUT2D eigenvalue weighted by atomic mass is 10.1. The molecular formula is C21H17N3S2. The summed E-state index contributed by atoms with van der Waals surface area (Å²) in [6, 6.07) is 14.8. The standard InChI is InChI=1S/C21H17N3S2/c1-3-24-14(2)17(16-7-4-5-8-19(16)24)11-15(12-22)21-23-18(13-26-21)20-9-6-10-25-20/h4-11,13H,3H2,1-2H3/b15-11-. The number of allylic oxidation sites excluding steroid dienone is 1. The van der Waals surface area contributed by atoms with Gasteiger partial charge in [-0.05, 0) is 37.4 Å². The van der Waals surface area contributed by atoms with Gasteiger partial charge in [-0.1, -0.05) is 24.3 Å². The summed E-state index contributed by atoms with van der Waals surface area (Å²) in [5.74, 6) is 0. The first-order chi connectivity index (χ1) is 12.7. The summed E-state index contributed by atoms with van der Waals surface area (Å²) in [5, 5.41) is 15.8. The van der Waals surface area contributed by atoms with Crippen molar-refractivity contribution in [2.45, 2.75) is 20.4 Å². The molecule has 0 radical (unpaired) electrons. The van der Waals surface area contributed by atoms with Gasteiger partial charge in [-0.3, -0.25) is 0 Å². The fourth-order valence-corrected chi connectivity index (χ4v) is 4.81. The Morgan fingerprint density at radius 3 is 2.81 bits per heavy atom. The molecule has 128 valence electrons. The average Bonchev–Trinajstić information content (AvgIpc) is 3.39. The van der Waals surface area contributed by atoms with E-state index in [9.17, 15) is 5.26 Å². The summed E-state index contributed by atoms with van der Waals surface area (Å²) in [7, 11) is 0. The van der Waals surface area contributed by atoms with Gasteiger partial charge in [0, 0.05) is 34.1 Å². The van der Waals surface area contributed by atoms with Crippen LogP contribution in [-0.4, -0.2) is 9.55 Å². The Hall–Kier alpha value is -2.68. The largest absolute Gasteiger partial charge is 0.345 e. The van der Waals surface area contributed by atoms with Crippen LogP contribution in [-0.2, 0) is 6.54 Å². The van der Waals surface area contributed by atoms with E-state index >= 15 is 0 Å². The molecule has 4 aromatic rings. The molecule has 0 amide bonds.